The van der Waals surface area contributed by atoms with Gasteiger partial charge in [0, 0.05) is 23.7 Å². The summed E-state index contributed by atoms with van der Waals surface area (Å²) in [5.41, 5.74) is 2.14. The van der Waals surface area contributed by atoms with Gasteiger partial charge in [-0.25, -0.2) is 0 Å². The number of rotatable bonds is 4. The van der Waals surface area contributed by atoms with Gasteiger partial charge in [0.2, 0.25) is 0 Å². The summed E-state index contributed by atoms with van der Waals surface area (Å²) in [6.07, 6.45) is 3.61. The first kappa shape index (κ1) is 21.5. The van der Waals surface area contributed by atoms with Gasteiger partial charge in [-0.2, -0.15) is 0 Å². The Hall–Kier alpha value is -3.83. The summed E-state index contributed by atoms with van der Waals surface area (Å²) >= 11 is 0. The minimum Gasteiger partial charge on any atom is -0.497 e. The van der Waals surface area contributed by atoms with Gasteiger partial charge >= 0.3 is 0 Å². The van der Waals surface area contributed by atoms with E-state index in [0.717, 1.165) is 52.6 Å². The van der Waals surface area contributed by atoms with Crippen molar-refractivity contribution in [2.24, 2.45) is 5.92 Å². The molecule has 0 unspecified atom stereocenters. The second kappa shape index (κ2) is 7.84. The van der Waals surface area contributed by atoms with Crippen LogP contribution in [0.15, 0.2) is 85.1 Å². The van der Waals surface area contributed by atoms with Crippen LogP contribution in [0, 0.1) is 5.92 Å². The van der Waals surface area contributed by atoms with Crippen LogP contribution in [-0.4, -0.2) is 41.1 Å². The van der Waals surface area contributed by atoms with Crippen LogP contribution in [0.5, 0.6) is 5.75 Å². The Morgan fingerprint density at radius 2 is 1.81 bits per heavy atom. The van der Waals surface area contributed by atoms with Crippen LogP contribution in [0.25, 0.3) is 10.8 Å². The molecule has 1 aliphatic carbocycles. The van der Waals surface area contributed by atoms with Crippen molar-refractivity contribution >= 4 is 22.3 Å². The fourth-order valence-electron chi connectivity index (χ4n) is 7.30. The average molecular weight is 475 g/mol. The van der Waals surface area contributed by atoms with Gasteiger partial charge in [-0.1, -0.05) is 54.6 Å². The quantitative estimate of drug-likeness (QED) is 0.371. The normalized spacial score (nSPS) is 26.6. The smallest absolute Gasteiger partial charge is 0.189 e. The minimum absolute atomic E-state index is 0.0477. The van der Waals surface area contributed by atoms with Crippen LogP contribution >= 0.6 is 0 Å². The molecular formula is C31H26N2O3. The Morgan fingerprint density at radius 3 is 2.56 bits per heavy atom. The van der Waals surface area contributed by atoms with Crippen LogP contribution in [0.3, 0.4) is 0 Å². The average Bonchev–Trinajstić information content (AvgIpc) is 3.59. The predicted molar refractivity (Wildman–Crippen MR) is 137 cm³/mol. The highest BCUT2D eigenvalue weighted by molar-refractivity contribution is 6.22. The monoisotopic (exact) mass is 474 g/mol. The van der Waals surface area contributed by atoms with Crippen molar-refractivity contribution in [2.45, 2.75) is 30.3 Å². The van der Waals surface area contributed by atoms with E-state index in [1.54, 1.807) is 19.4 Å². The molecule has 36 heavy (non-hydrogen) atoms. The second-order valence-corrected chi connectivity index (χ2v) is 10.1. The topological polar surface area (TPSA) is 59.5 Å². The number of aromatic nitrogens is 1. The van der Waals surface area contributed by atoms with Crippen LogP contribution in [0.4, 0.5) is 0 Å². The van der Waals surface area contributed by atoms with Crippen molar-refractivity contribution in [1.29, 1.82) is 0 Å². The van der Waals surface area contributed by atoms with Gasteiger partial charge in [0.05, 0.1) is 13.0 Å². The van der Waals surface area contributed by atoms with Crippen LogP contribution in [-0.2, 0) is 5.54 Å². The number of ether oxygens (including phenoxy) is 1. The molecule has 178 valence electrons. The Balaban J connectivity index is 1.52. The molecule has 3 aromatic carbocycles. The molecular weight excluding hydrogens is 448 g/mol. The molecule has 4 atom stereocenters. The Labute approximate surface area is 209 Å². The molecule has 3 heterocycles. The molecule has 1 spiro atoms. The van der Waals surface area contributed by atoms with E-state index < -0.39 is 11.5 Å². The molecule has 4 aromatic rings. The fraction of sp³-hybridized carbons (Fsp3) is 0.258. The van der Waals surface area contributed by atoms with Crippen LogP contribution in [0.2, 0.25) is 0 Å². The molecule has 1 aromatic heterocycles. The van der Waals surface area contributed by atoms with Crippen molar-refractivity contribution in [1.82, 2.24) is 9.88 Å². The number of hydrogen-bond acceptors (Lipinski definition) is 5. The molecule has 7 rings (SSSR count). The SMILES string of the molecule is COc1ccc([C@@H]2[C@H]3CCCN3[C@]3(C(=O)c4cccc5cccc3c45)[C@H]2C(=O)c2ccccn2)cc1. The number of nitrogens with zero attached hydrogens (tertiary/aromatic N) is 2. The van der Waals surface area contributed by atoms with Gasteiger partial charge < -0.3 is 4.74 Å². The summed E-state index contributed by atoms with van der Waals surface area (Å²) < 4.78 is 5.41. The summed E-state index contributed by atoms with van der Waals surface area (Å²) in [5, 5.41) is 2.03. The molecule has 0 bridgehead atoms. The maximum Gasteiger partial charge on any atom is 0.189 e. The lowest BCUT2D eigenvalue weighted by molar-refractivity contribution is 0.0518. The summed E-state index contributed by atoms with van der Waals surface area (Å²) in [6, 6.07) is 25.6. The lowest BCUT2D eigenvalue weighted by Crippen LogP contribution is -2.52. The van der Waals surface area contributed by atoms with Crippen molar-refractivity contribution in [3.05, 3.63) is 107 Å². The first-order valence-corrected chi connectivity index (χ1v) is 12.6. The molecule has 2 fully saturated rings. The van der Waals surface area contributed by atoms with Crippen LogP contribution < -0.4 is 4.74 Å². The van der Waals surface area contributed by atoms with Gasteiger partial charge in [-0.3, -0.25) is 19.5 Å². The molecule has 5 nitrogen and oxygen atoms in total. The molecule has 5 heteroatoms. The van der Waals surface area contributed by atoms with Crippen LogP contribution in [0.1, 0.15) is 50.7 Å². The Kier molecular flexibility index (Phi) is 4.67. The van der Waals surface area contributed by atoms with Gasteiger partial charge in [0.1, 0.15) is 17.0 Å². The molecule has 2 aliphatic heterocycles. The second-order valence-electron chi connectivity index (χ2n) is 10.1. The van der Waals surface area contributed by atoms with Crippen molar-refractivity contribution < 1.29 is 14.3 Å². The third-order valence-electron chi connectivity index (χ3n) is 8.58. The molecule has 3 aliphatic rings. The molecule has 0 N–H and O–H groups in total. The number of ketones is 2. The molecule has 2 saturated heterocycles. The number of hydrogen-bond donors (Lipinski definition) is 0. The van der Waals surface area contributed by atoms with E-state index in [1.165, 1.54) is 0 Å². The number of carbonyl (C=O) groups is 2. The number of carbonyl (C=O) groups excluding carboxylic acids is 2. The van der Waals surface area contributed by atoms with E-state index in [0.29, 0.717) is 5.69 Å². The zero-order valence-electron chi connectivity index (χ0n) is 20.1. The summed E-state index contributed by atoms with van der Waals surface area (Å²) in [7, 11) is 1.65. The zero-order valence-corrected chi connectivity index (χ0v) is 20.1. The summed E-state index contributed by atoms with van der Waals surface area (Å²) in [5.74, 6) is 0.0324. The van der Waals surface area contributed by atoms with E-state index in [4.69, 9.17) is 4.74 Å². The fourth-order valence-corrected chi connectivity index (χ4v) is 7.30. The van der Waals surface area contributed by atoms with Crippen molar-refractivity contribution in [3.63, 3.8) is 0 Å². The van der Waals surface area contributed by atoms with E-state index in [-0.39, 0.29) is 23.5 Å². The molecule has 0 amide bonds. The van der Waals surface area contributed by atoms with Gasteiger partial charge in [0.15, 0.2) is 11.6 Å². The number of pyridine rings is 1. The summed E-state index contributed by atoms with van der Waals surface area (Å²) in [4.78, 5) is 35.9. The largest absolute Gasteiger partial charge is 0.497 e. The number of Topliss-reactive ketones (excluding diaryl/α,β-unsaturated/α-hetero) is 2. The first-order valence-electron chi connectivity index (χ1n) is 12.6. The lowest BCUT2D eigenvalue weighted by atomic mass is 9.68. The van der Waals surface area contributed by atoms with Crippen molar-refractivity contribution in [2.75, 3.05) is 13.7 Å². The molecule has 0 radical (unpaired) electrons. The van der Waals surface area contributed by atoms with E-state index in [9.17, 15) is 9.59 Å². The zero-order chi connectivity index (χ0) is 24.4. The van der Waals surface area contributed by atoms with E-state index in [1.807, 2.05) is 42.5 Å². The lowest BCUT2D eigenvalue weighted by Gasteiger charge is -2.38. The maximum absolute atomic E-state index is 14.6. The first-order chi connectivity index (χ1) is 17.7. The number of methoxy groups -OCH3 is 1. The third kappa shape index (κ3) is 2.66. The molecule has 0 saturated carbocycles. The Bertz CT molecular complexity index is 1510. The van der Waals surface area contributed by atoms with Gasteiger partial charge in [-0.15, -0.1) is 0 Å². The highest BCUT2D eigenvalue weighted by atomic mass is 16.5. The highest BCUT2D eigenvalue weighted by Crippen LogP contribution is 2.62. The standard InChI is InChI=1S/C31H26N2O3/c1-36-21-15-13-20(14-16-21)27-25-12-6-18-33(25)31(28(27)29(34)24-11-2-3-17-32-24)23-10-5-8-19-7-4-9-22(26(19)23)30(31)35/h2-5,7-11,13-17,25,27-28H,6,12,18H2,1H3/t25-,27-,28-,31+/m1/s1. The third-order valence-corrected chi connectivity index (χ3v) is 8.58. The Morgan fingerprint density at radius 1 is 1.00 bits per heavy atom. The maximum atomic E-state index is 14.6. The summed E-state index contributed by atoms with van der Waals surface area (Å²) in [6.45, 7) is 0.791. The highest BCUT2D eigenvalue weighted by Gasteiger charge is 2.69. The minimum atomic E-state index is -1.04. The van der Waals surface area contributed by atoms with Gasteiger partial charge in [-0.05, 0) is 65.6 Å². The number of fused-ring (bicyclic) bond motifs is 3. The van der Waals surface area contributed by atoms with Gasteiger partial charge in [0.25, 0.3) is 0 Å². The van der Waals surface area contributed by atoms with E-state index >= 15 is 0 Å². The number of benzene rings is 3. The predicted octanol–water partition coefficient (Wildman–Crippen LogP) is 5.40. The van der Waals surface area contributed by atoms with E-state index in [2.05, 4.69) is 40.2 Å². The van der Waals surface area contributed by atoms with Crippen molar-refractivity contribution in [3.8, 4) is 5.75 Å².